The second-order valence-corrected chi connectivity index (χ2v) is 9.84. The van der Waals surface area contributed by atoms with Crippen molar-refractivity contribution < 1.29 is 24.1 Å². The average molecular weight is 549 g/mol. The lowest BCUT2D eigenvalue weighted by atomic mass is 10.0. The van der Waals surface area contributed by atoms with E-state index in [1.807, 2.05) is 30.2 Å². The zero-order chi connectivity index (χ0) is 28.1. The van der Waals surface area contributed by atoms with E-state index < -0.39 is 18.4 Å². The van der Waals surface area contributed by atoms with Crippen molar-refractivity contribution in [2.75, 3.05) is 25.2 Å². The second-order valence-electron chi connectivity index (χ2n) is 9.84. The van der Waals surface area contributed by atoms with Crippen LogP contribution in [0.25, 0.3) is 17.2 Å². The summed E-state index contributed by atoms with van der Waals surface area (Å²) in [5, 5.41) is 21.0. The van der Waals surface area contributed by atoms with Gasteiger partial charge in [0.1, 0.15) is 18.2 Å². The summed E-state index contributed by atoms with van der Waals surface area (Å²) in [5.74, 6) is 0.226. The molecule has 11 heteroatoms. The molecule has 4 aromatic rings. The predicted molar refractivity (Wildman–Crippen MR) is 148 cm³/mol. The third kappa shape index (κ3) is 6.34. The van der Waals surface area contributed by atoms with E-state index in [0.717, 1.165) is 29.8 Å². The van der Waals surface area contributed by atoms with E-state index in [1.165, 1.54) is 37.3 Å². The molecule has 5 rings (SSSR count). The first kappa shape index (κ1) is 27.8. The summed E-state index contributed by atoms with van der Waals surface area (Å²) < 4.78 is 27.0. The Morgan fingerprint density at radius 2 is 2.00 bits per heavy atom. The Labute approximate surface area is 231 Å². The molecule has 1 aliphatic carbocycles. The molecule has 3 atom stereocenters. The van der Waals surface area contributed by atoms with Crippen LogP contribution in [-0.4, -0.2) is 67.2 Å². The summed E-state index contributed by atoms with van der Waals surface area (Å²) >= 11 is 0. The summed E-state index contributed by atoms with van der Waals surface area (Å²) in [6, 6.07) is 10.4. The molecular formula is C29H33FN6O4. The number of allylic oxidation sites excluding steroid dienone is 1. The van der Waals surface area contributed by atoms with E-state index in [-0.39, 0.29) is 19.0 Å². The number of ether oxygens (including phenoxy) is 2. The second kappa shape index (κ2) is 12.6. The predicted octanol–water partition coefficient (Wildman–Crippen LogP) is 3.43. The number of fused-ring (bicyclic) bond motifs is 2. The average Bonchev–Trinajstić information content (AvgIpc) is 3.38. The molecule has 210 valence electrons. The Kier molecular flexibility index (Phi) is 8.75. The highest BCUT2D eigenvalue weighted by molar-refractivity contribution is 5.83. The van der Waals surface area contributed by atoms with E-state index in [4.69, 9.17) is 9.47 Å². The Balaban J connectivity index is 1.26. The van der Waals surface area contributed by atoms with Crippen LogP contribution in [-0.2, 0) is 29.0 Å². The van der Waals surface area contributed by atoms with Crippen molar-refractivity contribution in [2.24, 2.45) is 0 Å². The van der Waals surface area contributed by atoms with Gasteiger partial charge in [-0.05, 0) is 55.2 Å². The lowest BCUT2D eigenvalue weighted by Gasteiger charge is -2.26. The zero-order valence-electron chi connectivity index (χ0n) is 22.5. The molecular weight excluding hydrogens is 515 g/mol. The molecule has 0 radical (unpaired) electrons. The summed E-state index contributed by atoms with van der Waals surface area (Å²) in [4.78, 5) is 19.7. The van der Waals surface area contributed by atoms with Crippen LogP contribution < -0.4 is 4.90 Å². The van der Waals surface area contributed by atoms with Gasteiger partial charge in [-0.2, -0.15) is 0 Å². The van der Waals surface area contributed by atoms with E-state index in [1.54, 1.807) is 10.6 Å². The number of hydrogen-bond donors (Lipinski definition) is 2. The van der Waals surface area contributed by atoms with Crippen molar-refractivity contribution in [1.82, 2.24) is 24.5 Å². The van der Waals surface area contributed by atoms with Crippen molar-refractivity contribution >= 4 is 23.1 Å². The quantitative estimate of drug-likeness (QED) is 0.257. The van der Waals surface area contributed by atoms with Crippen LogP contribution in [0.15, 0.2) is 55.1 Å². The molecule has 0 saturated heterocycles. The Morgan fingerprint density at radius 1 is 1.12 bits per heavy atom. The van der Waals surface area contributed by atoms with Gasteiger partial charge in [0, 0.05) is 13.6 Å². The van der Waals surface area contributed by atoms with Crippen LogP contribution in [0.4, 0.5) is 10.2 Å². The summed E-state index contributed by atoms with van der Waals surface area (Å²) in [6.07, 6.45) is 5.79. The number of nitrogens with zero attached hydrogens (tertiary/aromatic N) is 6. The number of aliphatic hydroxyl groups excluding tert-OH is 2. The summed E-state index contributed by atoms with van der Waals surface area (Å²) in [7, 11) is 1.83. The highest BCUT2D eigenvalue weighted by Gasteiger charge is 2.29. The first-order valence-electron chi connectivity index (χ1n) is 13.2. The minimum Gasteiger partial charge on any atom is -0.391 e. The van der Waals surface area contributed by atoms with E-state index >= 15 is 0 Å². The molecule has 3 heterocycles. The maximum atomic E-state index is 13.7. The number of aliphatic hydroxyl groups is 2. The molecule has 0 aliphatic heterocycles. The van der Waals surface area contributed by atoms with Crippen LogP contribution >= 0.6 is 0 Å². The van der Waals surface area contributed by atoms with Crippen molar-refractivity contribution in [2.45, 2.75) is 51.4 Å². The van der Waals surface area contributed by atoms with E-state index in [0.29, 0.717) is 30.1 Å². The van der Waals surface area contributed by atoms with Crippen LogP contribution in [0.2, 0.25) is 0 Å². The Morgan fingerprint density at radius 3 is 2.83 bits per heavy atom. The molecule has 3 aromatic heterocycles. The number of anilines is 1. The number of rotatable bonds is 12. The van der Waals surface area contributed by atoms with Crippen molar-refractivity contribution in [3.8, 4) is 0 Å². The fourth-order valence-corrected chi connectivity index (χ4v) is 4.69. The van der Waals surface area contributed by atoms with Gasteiger partial charge in [0.2, 0.25) is 0 Å². The number of aryl methyl sites for hydroxylation is 1. The number of halogens is 1. The first-order chi connectivity index (χ1) is 19.4. The highest BCUT2D eigenvalue weighted by atomic mass is 19.1. The molecule has 1 aliphatic rings. The largest absolute Gasteiger partial charge is 0.391 e. The van der Waals surface area contributed by atoms with Gasteiger partial charge in [-0.25, -0.2) is 19.3 Å². The molecule has 0 spiro atoms. The third-order valence-electron chi connectivity index (χ3n) is 6.76. The molecule has 0 unspecified atom stereocenters. The van der Waals surface area contributed by atoms with Crippen molar-refractivity contribution in [1.29, 1.82) is 0 Å². The van der Waals surface area contributed by atoms with Crippen LogP contribution in [0.1, 0.15) is 42.1 Å². The molecule has 2 N–H and O–H groups in total. The van der Waals surface area contributed by atoms with Gasteiger partial charge in [-0.1, -0.05) is 24.3 Å². The standard InChI is InChI=1S/C29H33FN6O4/c1-19(37)26(38)29(40-13-12-39-16-23-11-10-21-7-3-4-9-24(21)34-23)36-18-33-25-27(31-17-32-28(25)36)35(2)15-20-6-5-8-22(30)14-20/h4-6,8-11,14,17-19,26,29,37-38H,3,7,12-13,15-16H2,1-2H3/t19-,26-,29-/m1/s1. The zero-order valence-corrected chi connectivity index (χ0v) is 22.5. The molecule has 40 heavy (non-hydrogen) atoms. The maximum absolute atomic E-state index is 13.7. The van der Waals surface area contributed by atoms with Gasteiger partial charge in [0.15, 0.2) is 23.2 Å². The lowest BCUT2D eigenvalue weighted by molar-refractivity contribution is -0.127. The molecule has 10 nitrogen and oxygen atoms in total. The Bertz CT molecular complexity index is 1480. The first-order valence-corrected chi connectivity index (χ1v) is 13.2. The van der Waals surface area contributed by atoms with Gasteiger partial charge < -0.3 is 24.6 Å². The normalized spacial score (nSPS) is 15.1. The minimum atomic E-state index is -1.25. The number of hydrogen-bond acceptors (Lipinski definition) is 9. The highest BCUT2D eigenvalue weighted by Crippen LogP contribution is 2.27. The fourth-order valence-electron chi connectivity index (χ4n) is 4.69. The molecule has 0 fully saturated rings. The number of pyridine rings is 1. The van der Waals surface area contributed by atoms with Gasteiger partial charge >= 0.3 is 0 Å². The van der Waals surface area contributed by atoms with Crippen molar-refractivity contribution in [3.05, 3.63) is 83.5 Å². The maximum Gasteiger partial charge on any atom is 0.167 e. The monoisotopic (exact) mass is 548 g/mol. The molecule has 0 saturated carbocycles. The SMILES string of the molecule is C[C@@H](O)[C@@H](O)[C@@H](OCCOCc1ccc2c(n1)C=CCC2)n1cnc2c(N(C)Cc3cccc(F)c3)ncnc21. The number of aromatic nitrogens is 5. The minimum absolute atomic E-state index is 0.149. The fraction of sp³-hybridized carbons (Fsp3) is 0.379. The number of benzene rings is 1. The van der Waals surface area contributed by atoms with Crippen LogP contribution in [0.3, 0.4) is 0 Å². The molecule has 0 amide bonds. The van der Waals surface area contributed by atoms with Crippen molar-refractivity contribution in [3.63, 3.8) is 0 Å². The smallest absolute Gasteiger partial charge is 0.167 e. The van der Waals surface area contributed by atoms with Crippen LogP contribution in [0.5, 0.6) is 0 Å². The van der Waals surface area contributed by atoms with Crippen LogP contribution in [0, 0.1) is 5.82 Å². The van der Waals surface area contributed by atoms with E-state index in [9.17, 15) is 14.6 Å². The third-order valence-corrected chi connectivity index (χ3v) is 6.76. The number of imidazole rings is 1. The van der Waals surface area contributed by atoms with E-state index in [2.05, 4.69) is 32.1 Å². The molecule has 1 aromatic carbocycles. The lowest BCUT2D eigenvalue weighted by Crippen LogP contribution is -2.35. The Hall–Kier alpha value is -3.77. The van der Waals surface area contributed by atoms with Gasteiger partial charge in [-0.15, -0.1) is 0 Å². The van der Waals surface area contributed by atoms with Gasteiger partial charge in [0.05, 0.1) is 43.6 Å². The molecule has 0 bridgehead atoms. The summed E-state index contributed by atoms with van der Waals surface area (Å²) in [6.45, 7) is 2.62. The van der Waals surface area contributed by atoms with Gasteiger partial charge in [-0.3, -0.25) is 9.55 Å². The van der Waals surface area contributed by atoms with Gasteiger partial charge in [0.25, 0.3) is 0 Å². The summed E-state index contributed by atoms with van der Waals surface area (Å²) in [5.41, 5.74) is 4.74. The topological polar surface area (TPSA) is 119 Å².